The molecule has 0 aromatic heterocycles. The van der Waals surface area contributed by atoms with Crippen LogP contribution in [0.5, 0.6) is 0 Å². The van der Waals surface area contributed by atoms with Gasteiger partial charge in [-0.1, -0.05) is 36.4 Å². The van der Waals surface area contributed by atoms with Crippen LogP contribution in [0.25, 0.3) is 0 Å². The van der Waals surface area contributed by atoms with E-state index in [1.165, 1.54) is 11.3 Å². The highest BCUT2D eigenvalue weighted by Crippen LogP contribution is 2.22. The molecule has 4 heteroatoms. The maximum Gasteiger partial charge on any atom is 0.233 e. The van der Waals surface area contributed by atoms with Gasteiger partial charge in [0.1, 0.15) is 0 Å². The van der Waals surface area contributed by atoms with Gasteiger partial charge in [-0.15, -0.1) is 11.8 Å². The van der Waals surface area contributed by atoms with E-state index in [0.717, 1.165) is 31.1 Å². The van der Waals surface area contributed by atoms with Crippen molar-refractivity contribution in [3.8, 4) is 0 Å². The molecule has 1 fully saturated rings. The van der Waals surface area contributed by atoms with Gasteiger partial charge in [-0.3, -0.25) is 4.79 Å². The van der Waals surface area contributed by atoms with Crippen LogP contribution in [0, 0.1) is 6.92 Å². The first-order valence-corrected chi connectivity index (χ1v) is 8.99. The van der Waals surface area contributed by atoms with Crippen LogP contribution in [0.3, 0.4) is 0 Å². The van der Waals surface area contributed by atoms with Gasteiger partial charge in [0.15, 0.2) is 0 Å². The summed E-state index contributed by atoms with van der Waals surface area (Å²) in [6, 6.07) is 18.6. The second-order valence-corrected chi connectivity index (χ2v) is 6.80. The molecule has 0 saturated carbocycles. The lowest BCUT2D eigenvalue weighted by Crippen LogP contribution is -2.49. The van der Waals surface area contributed by atoms with Gasteiger partial charge in [0.2, 0.25) is 5.91 Å². The molecule has 3 nitrogen and oxygen atoms in total. The molecule has 1 amide bonds. The van der Waals surface area contributed by atoms with E-state index in [2.05, 4.69) is 36.1 Å². The number of hydrogen-bond donors (Lipinski definition) is 0. The van der Waals surface area contributed by atoms with Gasteiger partial charge in [0, 0.05) is 36.8 Å². The Hall–Kier alpha value is -1.94. The van der Waals surface area contributed by atoms with Crippen LogP contribution in [0.4, 0.5) is 5.69 Å². The van der Waals surface area contributed by atoms with Gasteiger partial charge >= 0.3 is 0 Å². The number of anilines is 1. The minimum Gasteiger partial charge on any atom is -0.368 e. The number of nitrogens with zero attached hydrogens (tertiary/aromatic N) is 2. The van der Waals surface area contributed by atoms with Gasteiger partial charge in [-0.2, -0.15) is 0 Å². The van der Waals surface area contributed by atoms with Crippen molar-refractivity contribution in [1.82, 2.24) is 4.90 Å². The molecule has 0 radical (unpaired) electrons. The Morgan fingerprint density at radius 1 is 0.957 bits per heavy atom. The third-order valence-electron chi connectivity index (χ3n) is 4.19. The van der Waals surface area contributed by atoms with Crippen molar-refractivity contribution >= 4 is 23.4 Å². The smallest absolute Gasteiger partial charge is 0.233 e. The van der Waals surface area contributed by atoms with E-state index < -0.39 is 0 Å². The van der Waals surface area contributed by atoms with Crippen molar-refractivity contribution in [2.75, 3.05) is 36.8 Å². The van der Waals surface area contributed by atoms with Crippen LogP contribution < -0.4 is 4.90 Å². The lowest BCUT2D eigenvalue weighted by molar-refractivity contribution is -0.128. The number of para-hydroxylation sites is 1. The normalized spacial score (nSPS) is 14.8. The molecule has 1 aliphatic rings. The standard InChI is InChI=1S/C19H22N2OS/c1-16-7-5-6-10-18(16)20-11-13-21(14-12-20)19(22)15-23-17-8-3-2-4-9-17/h2-10H,11-15H2,1H3. The van der Waals surface area contributed by atoms with Crippen molar-refractivity contribution < 1.29 is 4.79 Å². The van der Waals surface area contributed by atoms with Crippen molar-refractivity contribution in [1.29, 1.82) is 0 Å². The Bertz CT molecular complexity index is 651. The molecule has 2 aromatic carbocycles. The predicted molar refractivity (Wildman–Crippen MR) is 97.1 cm³/mol. The molecule has 0 unspecified atom stereocenters. The number of carbonyl (C=O) groups is 1. The molecule has 0 aliphatic carbocycles. The topological polar surface area (TPSA) is 23.6 Å². The summed E-state index contributed by atoms with van der Waals surface area (Å²) in [6.07, 6.45) is 0. The van der Waals surface area contributed by atoms with Crippen LogP contribution in [0.1, 0.15) is 5.56 Å². The lowest BCUT2D eigenvalue weighted by atomic mass is 10.1. The molecule has 3 rings (SSSR count). The third-order valence-corrected chi connectivity index (χ3v) is 5.19. The van der Waals surface area contributed by atoms with Crippen molar-refractivity contribution in [3.63, 3.8) is 0 Å². The van der Waals surface area contributed by atoms with E-state index in [4.69, 9.17) is 0 Å². The first-order chi connectivity index (χ1) is 11.2. The van der Waals surface area contributed by atoms with E-state index in [1.807, 2.05) is 35.2 Å². The van der Waals surface area contributed by atoms with Crippen molar-refractivity contribution in [2.24, 2.45) is 0 Å². The van der Waals surface area contributed by atoms with Gasteiger partial charge in [0.25, 0.3) is 0 Å². The number of carbonyl (C=O) groups excluding carboxylic acids is 1. The molecule has 23 heavy (non-hydrogen) atoms. The van der Waals surface area contributed by atoms with E-state index in [1.54, 1.807) is 11.8 Å². The van der Waals surface area contributed by atoms with Crippen LogP contribution in [-0.4, -0.2) is 42.7 Å². The zero-order chi connectivity index (χ0) is 16.1. The first-order valence-electron chi connectivity index (χ1n) is 8.00. The van der Waals surface area contributed by atoms with Crippen LogP contribution >= 0.6 is 11.8 Å². The van der Waals surface area contributed by atoms with E-state index in [0.29, 0.717) is 5.75 Å². The second kappa shape index (κ2) is 7.55. The molecule has 0 atom stereocenters. The summed E-state index contributed by atoms with van der Waals surface area (Å²) < 4.78 is 0. The molecule has 120 valence electrons. The number of rotatable bonds is 4. The average Bonchev–Trinajstić information content (AvgIpc) is 2.61. The fraction of sp³-hybridized carbons (Fsp3) is 0.316. The molecule has 0 bridgehead atoms. The molecular formula is C19H22N2OS. The summed E-state index contributed by atoms with van der Waals surface area (Å²) >= 11 is 1.62. The number of benzene rings is 2. The zero-order valence-corrected chi connectivity index (χ0v) is 14.3. The monoisotopic (exact) mass is 326 g/mol. The summed E-state index contributed by atoms with van der Waals surface area (Å²) in [4.78, 5) is 17.9. The van der Waals surface area contributed by atoms with Gasteiger partial charge in [0.05, 0.1) is 5.75 Å². The number of piperazine rings is 1. The number of hydrogen-bond acceptors (Lipinski definition) is 3. The summed E-state index contributed by atoms with van der Waals surface area (Å²) in [6.45, 7) is 5.58. The largest absolute Gasteiger partial charge is 0.368 e. The average molecular weight is 326 g/mol. The maximum atomic E-state index is 12.4. The number of thioether (sulfide) groups is 1. The molecule has 2 aromatic rings. The Labute approximate surface area is 142 Å². The van der Waals surface area contributed by atoms with Crippen molar-refractivity contribution in [2.45, 2.75) is 11.8 Å². The van der Waals surface area contributed by atoms with Crippen LogP contribution in [0.15, 0.2) is 59.5 Å². The van der Waals surface area contributed by atoms with Gasteiger partial charge in [-0.05, 0) is 30.7 Å². The summed E-state index contributed by atoms with van der Waals surface area (Å²) in [7, 11) is 0. The highest BCUT2D eigenvalue weighted by molar-refractivity contribution is 8.00. The number of amides is 1. The minimum absolute atomic E-state index is 0.239. The van der Waals surface area contributed by atoms with Crippen LogP contribution in [0.2, 0.25) is 0 Å². The van der Waals surface area contributed by atoms with E-state index in [9.17, 15) is 4.79 Å². The zero-order valence-electron chi connectivity index (χ0n) is 13.4. The fourth-order valence-electron chi connectivity index (χ4n) is 2.87. The lowest BCUT2D eigenvalue weighted by Gasteiger charge is -2.36. The molecule has 0 spiro atoms. The maximum absolute atomic E-state index is 12.4. The quantitative estimate of drug-likeness (QED) is 0.804. The minimum atomic E-state index is 0.239. The summed E-state index contributed by atoms with van der Waals surface area (Å²) in [5, 5.41) is 0. The Balaban J connectivity index is 1.50. The molecule has 1 aliphatic heterocycles. The molecular weight excluding hydrogens is 304 g/mol. The SMILES string of the molecule is Cc1ccccc1N1CCN(C(=O)CSc2ccccc2)CC1. The highest BCUT2D eigenvalue weighted by Gasteiger charge is 2.21. The highest BCUT2D eigenvalue weighted by atomic mass is 32.2. The van der Waals surface area contributed by atoms with Gasteiger partial charge in [-0.25, -0.2) is 0 Å². The Morgan fingerprint density at radius 3 is 2.30 bits per heavy atom. The second-order valence-electron chi connectivity index (χ2n) is 5.76. The van der Waals surface area contributed by atoms with E-state index >= 15 is 0 Å². The van der Waals surface area contributed by atoms with E-state index in [-0.39, 0.29) is 5.91 Å². The molecule has 0 N–H and O–H groups in total. The van der Waals surface area contributed by atoms with Crippen molar-refractivity contribution in [3.05, 3.63) is 60.2 Å². The summed E-state index contributed by atoms with van der Waals surface area (Å²) in [5.74, 6) is 0.761. The number of aryl methyl sites for hydroxylation is 1. The Kier molecular flexibility index (Phi) is 5.23. The molecule has 1 saturated heterocycles. The third kappa shape index (κ3) is 4.08. The summed E-state index contributed by atoms with van der Waals surface area (Å²) in [5.41, 5.74) is 2.59. The predicted octanol–water partition coefficient (Wildman–Crippen LogP) is 3.44. The van der Waals surface area contributed by atoms with Crippen LogP contribution in [-0.2, 0) is 4.79 Å². The Morgan fingerprint density at radius 2 is 1.61 bits per heavy atom. The van der Waals surface area contributed by atoms with Gasteiger partial charge < -0.3 is 9.80 Å². The molecule has 1 heterocycles. The fourth-order valence-corrected chi connectivity index (χ4v) is 3.69. The first kappa shape index (κ1) is 15.9.